The van der Waals surface area contributed by atoms with Gasteiger partial charge in [0.15, 0.2) is 6.20 Å². The van der Waals surface area contributed by atoms with Crippen molar-refractivity contribution in [1.29, 1.82) is 0 Å². The van der Waals surface area contributed by atoms with Crippen molar-refractivity contribution in [3.8, 4) is 0 Å². The molecule has 0 aliphatic heterocycles. The van der Waals surface area contributed by atoms with E-state index in [0.29, 0.717) is 16.1 Å². The first kappa shape index (κ1) is 11.0. The van der Waals surface area contributed by atoms with E-state index in [2.05, 4.69) is 0 Å². The number of anilines is 1. The lowest BCUT2D eigenvalue weighted by Crippen LogP contribution is -2.30. The molecule has 1 heterocycles. The van der Waals surface area contributed by atoms with Gasteiger partial charge in [0.1, 0.15) is 17.8 Å². The van der Waals surface area contributed by atoms with Crippen LogP contribution in [-0.4, -0.2) is 10.5 Å². The number of hydrogen-bond acceptors (Lipinski definition) is 2. The summed E-state index contributed by atoms with van der Waals surface area (Å²) >= 11 is 0. The lowest BCUT2D eigenvalue weighted by molar-refractivity contribution is -0.646. The van der Waals surface area contributed by atoms with Gasteiger partial charge in [-0.05, 0) is 12.1 Å². The predicted octanol–water partition coefficient (Wildman–Crippen LogP) is 1.12. The molecular weight excluding hydrogens is 227 g/mol. The molecule has 2 rings (SSSR count). The molecule has 1 aromatic heterocycles. The summed E-state index contributed by atoms with van der Waals surface area (Å²) in [5, 5.41) is 0.719. The molecule has 0 amide bonds. The zero-order chi connectivity index (χ0) is 11.9. The molecule has 1 atom stereocenters. The number of nitrogens with zero attached hydrogens (tertiary/aromatic N) is 1. The van der Waals surface area contributed by atoms with E-state index >= 15 is 0 Å². The highest BCUT2D eigenvalue weighted by atomic mass is 32.2. The zero-order valence-electron chi connectivity index (χ0n) is 9.03. The second kappa shape index (κ2) is 3.83. The van der Waals surface area contributed by atoms with Crippen molar-refractivity contribution in [2.45, 2.75) is 4.90 Å². The molecule has 16 heavy (non-hydrogen) atoms. The minimum Gasteiger partial charge on any atom is -0.397 e. The molecule has 5 heteroatoms. The van der Waals surface area contributed by atoms with E-state index in [-0.39, 0.29) is 5.82 Å². The molecule has 84 valence electrons. The van der Waals surface area contributed by atoms with Crippen LogP contribution < -0.4 is 10.3 Å². The fourth-order valence-electron chi connectivity index (χ4n) is 1.70. The van der Waals surface area contributed by atoms with Crippen molar-refractivity contribution in [1.82, 2.24) is 0 Å². The smallest absolute Gasteiger partial charge is 0.217 e. The summed E-state index contributed by atoms with van der Waals surface area (Å²) in [6, 6.07) is 4.37. The van der Waals surface area contributed by atoms with Gasteiger partial charge >= 0.3 is 0 Å². The van der Waals surface area contributed by atoms with E-state index in [4.69, 9.17) is 5.73 Å². The van der Waals surface area contributed by atoms with E-state index in [1.165, 1.54) is 12.1 Å². The van der Waals surface area contributed by atoms with Crippen molar-refractivity contribution in [3.63, 3.8) is 0 Å². The third-order valence-electron chi connectivity index (χ3n) is 2.52. The van der Waals surface area contributed by atoms with E-state index in [1.807, 2.05) is 0 Å². The maximum atomic E-state index is 13.1. The van der Waals surface area contributed by atoms with Crippen LogP contribution in [0, 0.1) is 5.82 Å². The molecule has 0 unspecified atom stereocenters. The Labute approximate surface area is 95.2 Å². The lowest BCUT2D eigenvalue weighted by atomic mass is 10.2. The van der Waals surface area contributed by atoms with Crippen LogP contribution in [0.15, 0.2) is 29.3 Å². The highest BCUT2D eigenvalue weighted by Gasteiger charge is 2.16. The summed E-state index contributed by atoms with van der Waals surface area (Å²) < 4.78 is 26.3. The second-order valence-corrected chi connectivity index (χ2v) is 4.98. The molecule has 1 aromatic carbocycles. The summed E-state index contributed by atoms with van der Waals surface area (Å²) in [6.45, 7) is 0. The molecule has 0 aliphatic rings. The number of benzene rings is 1. The number of aryl methyl sites for hydroxylation is 1. The van der Waals surface area contributed by atoms with Crippen LogP contribution in [0.2, 0.25) is 0 Å². The van der Waals surface area contributed by atoms with Gasteiger partial charge in [-0.25, -0.2) is 4.39 Å². The van der Waals surface area contributed by atoms with Gasteiger partial charge in [-0.3, -0.25) is 4.21 Å². The van der Waals surface area contributed by atoms with Gasteiger partial charge in [-0.15, -0.1) is 0 Å². The van der Waals surface area contributed by atoms with Crippen molar-refractivity contribution in [2.75, 3.05) is 12.0 Å². The van der Waals surface area contributed by atoms with Gasteiger partial charge in [0, 0.05) is 12.3 Å². The van der Waals surface area contributed by atoms with E-state index < -0.39 is 10.8 Å². The molecule has 0 fully saturated rings. The lowest BCUT2D eigenvalue weighted by Gasteiger charge is -2.05. The zero-order valence-corrected chi connectivity index (χ0v) is 9.84. The quantitative estimate of drug-likeness (QED) is 0.758. The summed E-state index contributed by atoms with van der Waals surface area (Å²) in [4.78, 5) is 0.571. The molecule has 0 radical (unpaired) electrons. The Balaban J connectivity index is 2.90. The molecule has 2 N–H and O–H groups in total. The Kier molecular flexibility index (Phi) is 2.63. The minimum absolute atomic E-state index is 0.312. The van der Waals surface area contributed by atoms with E-state index in [9.17, 15) is 8.60 Å². The number of pyridine rings is 1. The van der Waals surface area contributed by atoms with Gasteiger partial charge < -0.3 is 5.73 Å². The summed E-state index contributed by atoms with van der Waals surface area (Å²) in [7, 11) is 0.624. The highest BCUT2D eigenvalue weighted by molar-refractivity contribution is 7.84. The summed E-state index contributed by atoms with van der Waals surface area (Å²) in [5.74, 6) is -0.312. The van der Waals surface area contributed by atoms with Gasteiger partial charge in [0.05, 0.1) is 21.9 Å². The molecule has 0 saturated heterocycles. The highest BCUT2D eigenvalue weighted by Crippen LogP contribution is 2.24. The fraction of sp³-hybridized carbons (Fsp3) is 0.182. The number of rotatable bonds is 1. The van der Waals surface area contributed by atoms with E-state index in [0.717, 1.165) is 5.39 Å². The first-order chi connectivity index (χ1) is 7.50. The fourth-order valence-corrected chi connectivity index (χ4v) is 2.43. The van der Waals surface area contributed by atoms with Crippen LogP contribution in [0.4, 0.5) is 10.1 Å². The Morgan fingerprint density at radius 1 is 1.44 bits per heavy atom. The molecule has 3 nitrogen and oxygen atoms in total. The number of halogens is 1. The van der Waals surface area contributed by atoms with Crippen LogP contribution in [0.5, 0.6) is 0 Å². The minimum atomic E-state index is -1.15. The largest absolute Gasteiger partial charge is 0.397 e. The third kappa shape index (κ3) is 1.67. The topological polar surface area (TPSA) is 47.0 Å². The van der Waals surface area contributed by atoms with Gasteiger partial charge in [-0.2, -0.15) is 4.57 Å². The summed E-state index contributed by atoms with van der Waals surface area (Å²) in [6.07, 6.45) is 3.24. The molecule has 0 bridgehead atoms. The Hall–Kier alpha value is -1.49. The van der Waals surface area contributed by atoms with E-state index in [1.54, 1.807) is 30.1 Å². The number of nitrogen functional groups attached to an aromatic ring is 1. The second-order valence-electron chi connectivity index (χ2n) is 3.63. The Bertz CT molecular complexity index is 598. The SMILES string of the molecule is C[n+]1cc([S@](C)=O)c(N)c2ccc(F)cc21. The van der Waals surface area contributed by atoms with Crippen molar-refractivity contribution < 1.29 is 13.2 Å². The molecule has 0 aliphatic carbocycles. The van der Waals surface area contributed by atoms with Crippen LogP contribution in [-0.2, 0) is 17.8 Å². The first-order valence-electron chi connectivity index (χ1n) is 4.71. The molecule has 0 saturated carbocycles. The number of aromatic nitrogens is 1. The van der Waals surface area contributed by atoms with Gasteiger partial charge in [0.25, 0.3) is 0 Å². The Morgan fingerprint density at radius 3 is 2.75 bits per heavy atom. The monoisotopic (exact) mass is 239 g/mol. The normalized spacial score (nSPS) is 12.9. The van der Waals surface area contributed by atoms with Crippen LogP contribution in [0.3, 0.4) is 0 Å². The van der Waals surface area contributed by atoms with Crippen LogP contribution in [0.25, 0.3) is 10.9 Å². The molecule has 2 aromatic rings. The number of hydrogen-bond donors (Lipinski definition) is 1. The van der Waals surface area contributed by atoms with Crippen LogP contribution in [0.1, 0.15) is 0 Å². The maximum Gasteiger partial charge on any atom is 0.217 e. The average molecular weight is 239 g/mol. The predicted molar refractivity (Wildman–Crippen MR) is 61.8 cm³/mol. The number of nitrogens with two attached hydrogens (primary N) is 1. The molecular formula is C11H12FN2OS+. The standard InChI is InChI=1S/C11H11FN2OS/c1-14-6-10(16(2)15)11(13)8-4-3-7(12)5-9(8)14/h3-6,13H,1-2H3/p+1/t16-/m0/s1. The van der Waals surface area contributed by atoms with Gasteiger partial charge in [0.2, 0.25) is 5.52 Å². The van der Waals surface area contributed by atoms with Crippen molar-refractivity contribution in [2.24, 2.45) is 7.05 Å². The first-order valence-corrected chi connectivity index (χ1v) is 6.27. The summed E-state index contributed by atoms with van der Waals surface area (Å²) in [5.41, 5.74) is 7.05. The van der Waals surface area contributed by atoms with Gasteiger partial charge in [-0.1, -0.05) is 0 Å². The Morgan fingerprint density at radius 2 is 2.12 bits per heavy atom. The number of fused-ring (bicyclic) bond motifs is 1. The average Bonchev–Trinajstić information content (AvgIpc) is 2.22. The molecule has 0 spiro atoms. The van der Waals surface area contributed by atoms with Crippen molar-refractivity contribution in [3.05, 3.63) is 30.2 Å². The maximum absolute atomic E-state index is 13.1. The third-order valence-corrected chi connectivity index (χ3v) is 3.46. The van der Waals surface area contributed by atoms with Crippen LogP contribution >= 0.6 is 0 Å². The van der Waals surface area contributed by atoms with Crippen molar-refractivity contribution >= 4 is 27.4 Å².